The number of amides is 1. The number of hydrogen-bond acceptors (Lipinski definition) is 4. The summed E-state index contributed by atoms with van der Waals surface area (Å²) in [6.07, 6.45) is -1.42. The van der Waals surface area contributed by atoms with Crippen LogP contribution in [-0.2, 0) is 23.0 Å². The Morgan fingerprint density at radius 2 is 1.70 bits per heavy atom. The highest BCUT2D eigenvalue weighted by molar-refractivity contribution is 6.06. The number of halogens is 3. The van der Waals surface area contributed by atoms with Gasteiger partial charge in [-0.1, -0.05) is 43.3 Å². The van der Waals surface area contributed by atoms with E-state index in [1.165, 1.54) is 12.1 Å². The van der Waals surface area contributed by atoms with Crippen LogP contribution in [0.15, 0.2) is 79.0 Å². The molecule has 2 N–H and O–H groups in total. The minimum absolute atomic E-state index is 0.238. The summed E-state index contributed by atoms with van der Waals surface area (Å²) in [5.74, 6) is -0.659. The highest BCUT2D eigenvalue weighted by Crippen LogP contribution is 2.46. The van der Waals surface area contributed by atoms with Crippen molar-refractivity contribution in [3.63, 3.8) is 0 Å². The van der Waals surface area contributed by atoms with Crippen molar-refractivity contribution < 1.29 is 27.5 Å². The maximum Gasteiger partial charge on any atom is 0.416 e. The first-order valence-electron chi connectivity index (χ1n) is 13.2. The lowest BCUT2D eigenvalue weighted by Gasteiger charge is -2.20. The fourth-order valence-electron chi connectivity index (χ4n) is 4.95. The molecule has 0 radical (unpaired) electrons. The van der Waals surface area contributed by atoms with Crippen molar-refractivity contribution in [2.75, 3.05) is 6.54 Å². The van der Waals surface area contributed by atoms with E-state index in [-0.39, 0.29) is 5.91 Å². The zero-order chi connectivity index (χ0) is 28.5. The first-order chi connectivity index (χ1) is 19.1. The van der Waals surface area contributed by atoms with Crippen molar-refractivity contribution in [3.8, 4) is 0 Å². The zero-order valence-corrected chi connectivity index (χ0v) is 22.2. The Balaban J connectivity index is 1.33. The van der Waals surface area contributed by atoms with Gasteiger partial charge in [-0.15, -0.1) is 0 Å². The van der Waals surface area contributed by atoms with Crippen LogP contribution in [0, 0.1) is 0 Å². The van der Waals surface area contributed by atoms with Gasteiger partial charge in [-0.05, 0) is 73.8 Å². The molecule has 1 atom stereocenters. The van der Waals surface area contributed by atoms with Gasteiger partial charge in [0.2, 0.25) is 0 Å². The normalized spacial score (nSPS) is 15.0. The summed E-state index contributed by atoms with van der Waals surface area (Å²) in [5.41, 5.74) is 2.01. The Morgan fingerprint density at radius 1 is 1.00 bits per heavy atom. The Morgan fingerprint density at radius 3 is 2.33 bits per heavy atom. The zero-order valence-electron chi connectivity index (χ0n) is 22.2. The number of aromatic nitrogens is 1. The molecule has 1 saturated carbocycles. The number of nitrogens with zero attached hydrogens (tertiary/aromatic N) is 1. The van der Waals surface area contributed by atoms with E-state index in [2.05, 4.69) is 10.6 Å². The summed E-state index contributed by atoms with van der Waals surface area (Å²) in [4.78, 5) is 26.0. The average Bonchev–Trinajstić information content (AvgIpc) is 3.60. The van der Waals surface area contributed by atoms with Crippen molar-refractivity contribution in [1.82, 2.24) is 15.2 Å². The highest BCUT2D eigenvalue weighted by Gasteiger charge is 2.46. The van der Waals surface area contributed by atoms with Crippen molar-refractivity contribution in [1.29, 1.82) is 0 Å². The lowest BCUT2D eigenvalue weighted by Crippen LogP contribution is -2.35. The molecule has 40 heavy (non-hydrogen) atoms. The standard InChI is InChI=1S/C31H30F3N3O3/c1-3-35-20(2)40-29(39)23-9-13-24(14-10-23)30(16-17-30)36-28(38)26-6-4-5-22-15-18-37(27(22)26)19-21-7-11-25(12-8-21)31(32,33)34/h4-15,18,20,35H,3,16-17,19H2,1-2H3,(H,36,38). The van der Waals surface area contributed by atoms with Gasteiger partial charge in [-0.2, -0.15) is 13.2 Å². The second kappa shape index (κ2) is 10.8. The summed E-state index contributed by atoms with van der Waals surface area (Å²) in [6, 6.07) is 19.5. The maximum atomic E-state index is 13.6. The molecule has 3 aromatic carbocycles. The van der Waals surface area contributed by atoms with Gasteiger partial charge in [-0.25, -0.2) is 4.79 Å². The molecule has 1 amide bonds. The third kappa shape index (κ3) is 5.74. The number of hydrogen-bond donors (Lipinski definition) is 2. The van der Waals surface area contributed by atoms with Crippen molar-refractivity contribution >= 4 is 22.8 Å². The van der Waals surface area contributed by atoms with E-state index in [9.17, 15) is 22.8 Å². The van der Waals surface area contributed by atoms with Crippen LogP contribution in [0.1, 0.15) is 64.1 Å². The number of carbonyl (C=O) groups is 2. The number of alkyl halides is 3. The lowest BCUT2D eigenvalue weighted by atomic mass is 10.0. The molecule has 1 aliphatic rings. The van der Waals surface area contributed by atoms with E-state index in [1.807, 2.05) is 48.0 Å². The average molecular weight is 550 g/mol. The lowest BCUT2D eigenvalue weighted by molar-refractivity contribution is -0.137. The molecule has 1 heterocycles. The number of carbonyl (C=O) groups excluding carboxylic acids is 2. The number of esters is 1. The summed E-state index contributed by atoms with van der Waals surface area (Å²) in [6.45, 7) is 4.70. The Kier molecular flexibility index (Phi) is 7.42. The largest absolute Gasteiger partial charge is 0.443 e. The smallest absolute Gasteiger partial charge is 0.416 e. The molecular formula is C31H30F3N3O3. The molecular weight excluding hydrogens is 519 g/mol. The number of fused-ring (bicyclic) bond motifs is 1. The Bertz CT molecular complexity index is 1520. The maximum absolute atomic E-state index is 13.6. The van der Waals surface area contributed by atoms with Crippen LogP contribution in [0.3, 0.4) is 0 Å². The third-order valence-electron chi connectivity index (χ3n) is 7.22. The van der Waals surface area contributed by atoms with Gasteiger partial charge in [0, 0.05) is 18.1 Å². The molecule has 0 bridgehead atoms. The van der Waals surface area contributed by atoms with Crippen LogP contribution < -0.4 is 10.6 Å². The molecule has 1 aliphatic carbocycles. The summed E-state index contributed by atoms with van der Waals surface area (Å²) < 4.78 is 46.1. The molecule has 1 unspecified atom stereocenters. The van der Waals surface area contributed by atoms with E-state index in [4.69, 9.17) is 4.74 Å². The van der Waals surface area contributed by atoms with Gasteiger partial charge in [0.1, 0.15) is 0 Å². The first-order valence-corrected chi connectivity index (χ1v) is 13.2. The summed E-state index contributed by atoms with van der Waals surface area (Å²) in [5, 5.41) is 7.08. The highest BCUT2D eigenvalue weighted by atomic mass is 19.4. The van der Waals surface area contributed by atoms with Crippen LogP contribution >= 0.6 is 0 Å². The molecule has 4 aromatic rings. The molecule has 6 nitrogen and oxygen atoms in total. The number of rotatable bonds is 9. The topological polar surface area (TPSA) is 72.4 Å². The van der Waals surface area contributed by atoms with Crippen molar-refractivity contribution in [2.45, 2.75) is 51.2 Å². The summed E-state index contributed by atoms with van der Waals surface area (Å²) in [7, 11) is 0. The van der Waals surface area contributed by atoms with Crippen LogP contribution in [0.5, 0.6) is 0 Å². The summed E-state index contributed by atoms with van der Waals surface area (Å²) >= 11 is 0. The van der Waals surface area contributed by atoms with Gasteiger partial charge in [0.25, 0.3) is 5.91 Å². The van der Waals surface area contributed by atoms with Crippen LogP contribution in [-0.4, -0.2) is 29.2 Å². The molecule has 1 fully saturated rings. The fraction of sp³-hybridized carbons (Fsp3) is 0.290. The fourth-order valence-corrected chi connectivity index (χ4v) is 4.95. The van der Waals surface area contributed by atoms with Crippen LogP contribution in [0.25, 0.3) is 10.9 Å². The molecule has 0 aliphatic heterocycles. The van der Waals surface area contributed by atoms with Gasteiger partial charge in [0.05, 0.1) is 27.7 Å². The van der Waals surface area contributed by atoms with E-state index < -0.39 is 29.5 Å². The van der Waals surface area contributed by atoms with E-state index in [0.717, 1.165) is 35.9 Å². The number of benzene rings is 3. The minimum Gasteiger partial charge on any atom is -0.443 e. The Labute approximate surface area is 230 Å². The quantitative estimate of drug-likeness (QED) is 0.192. The number of para-hydroxylation sites is 1. The van der Waals surface area contributed by atoms with Crippen molar-refractivity contribution in [2.24, 2.45) is 0 Å². The first kappa shape index (κ1) is 27.5. The van der Waals surface area contributed by atoms with Gasteiger partial charge in [-0.3, -0.25) is 10.1 Å². The third-order valence-corrected chi connectivity index (χ3v) is 7.22. The second-order valence-corrected chi connectivity index (χ2v) is 10.1. The van der Waals surface area contributed by atoms with Gasteiger partial charge >= 0.3 is 12.1 Å². The second-order valence-electron chi connectivity index (χ2n) is 10.1. The van der Waals surface area contributed by atoms with Gasteiger partial charge in [0.15, 0.2) is 6.23 Å². The van der Waals surface area contributed by atoms with E-state index >= 15 is 0 Å². The monoisotopic (exact) mass is 549 g/mol. The number of nitrogens with one attached hydrogen (secondary N) is 2. The van der Waals surface area contributed by atoms with Crippen molar-refractivity contribution in [3.05, 3.63) is 107 Å². The van der Waals surface area contributed by atoms with Crippen LogP contribution in [0.2, 0.25) is 0 Å². The minimum atomic E-state index is -4.39. The molecule has 5 rings (SSSR count). The molecule has 9 heteroatoms. The predicted molar refractivity (Wildman–Crippen MR) is 146 cm³/mol. The van der Waals surface area contributed by atoms with Crippen LogP contribution in [0.4, 0.5) is 13.2 Å². The van der Waals surface area contributed by atoms with E-state index in [1.54, 1.807) is 25.1 Å². The predicted octanol–water partition coefficient (Wildman–Crippen LogP) is 6.24. The molecule has 1 aromatic heterocycles. The molecule has 208 valence electrons. The number of ether oxygens (including phenoxy) is 1. The van der Waals surface area contributed by atoms with Gasteiger partial charge < -0.3 is 14.6 Å². The molecule has 0 spiro atoms. The molecule has 0 saturated heterocycles. The van der Waals surface area contributed by atoms with E-state index in [0.29, 0.717) is 35.3 Å². The SMILES string of the molecule is CCNC(C)OC(=O)c1ccc(C2(NC(=O)c3cccc4ccn(Cc5ccc(C(F)(F)F)cc5)c34)CC2)cc1. The Hall–Kier alpha value is -4.11.